The SMILES string of the molecule is COCCCN(C)C1CC(N)c2ccccc21. The number of hydrogen-bond acceptors (Lipinski definition) is 3. The van der Waals surface area contributed by atoms with E-state index < -0.39 is 0 Å². The van der Waals surface area contributed by atoms with Crippen LogP contribution in [0.1, 0.15) is 36.1 Å². The highest BCUT2D eigenvalue weighted by molar-refractivity contribution is 5.37. The van der Waals surface area contributed by atoms with Crippen molar-refractivity contribution in [1.29, 1.82) is 0 Å². The van der Waals surface area contributed by atoms with Gasteiger partial charge < -0.3 is 10.5 Å². The molecule has 0 saturated heterocycles. The van der Waals surface area contributed by atoms with E-state index in [1.54, 1.807) is 7.11 Å². The highest BCUT2D eigenvalue weighted by Gasteiger charge is 2.30. The molecule has 0 aromatic heterocycles. The lowest BCUT2D eigenvalue weighted by Gasteiger charge is -2.25. The molecule has 1 aromatic carbocycles. The second-order valence-corrected chi connectivity index (χ2v) is 4.81. The Morgan fingerprint density at radius 3 is 2.76 bits per heavy atom. The van der Waals surface area contributed by atoms with Gasteiger partial charge in [-0.2, -0.15) is 0 Å². The van der Waals surface area contributed by atoms with Gasteiger partial charge in [-0.15, -0.1) is 0 Å². The van der Waals surface area contributed by atoms with Crippen molar-refractivity contribution in [3.05, 3.63) is 35.4 Å². The van der Waals surface area contributed by atoms with Gasteiger partial charge in [0.1, 0.15) is 0 Å². The molecule has 17 heavy (non-hydrogen) atoms. The minimum atomic E-state index is 0.195. The van der Waals surface area contributed by atoms with E-state index in [2.05, 4.69) is 36.2 Å². The topological polar surface area (TPSA) is 38.5 Å². The van der Waals surface area contributed by atoms with Crippen LogP contribution in [0.5, 0.6) is 0 Å². The molecular formula is C14H22N2O. The van der Waals surface area contributed by atoms with Crippen molar-refractivity contribution in [2.24, 2.45) is 5.73 Å². The maximum atomic E-state index is 6.18. The standard InChI is InChI=1S/C14H22N2O/c1-16(8-5-9-17-2)14-10-13(15)11-6-3-4-7-12(11)14/h3-4,6-7,13-14H,5,8-10,15H2,1-2H3. The van der Waals surface area contributed by atoms with Gasteiger partial charge >= 0.3 is 0 Å². The van der Waals surface area contributed by atoms with Gasteiger partial charge in [0, 0.05) is 32.3 Å². The highest BCUT2D eigenvalue weighted by Crippen LogP contribution is 2.40. The molecule has 1 aromatic rings. The number of nitrogens with zero attached hydrogens (tertiary/aromatic N) is 1. The molecule has 2 unspecified atom stereocenters. The molecule has 3 nitrogen and oxygen atoms in total. The first-order valence-corrected chi connectivity index (χ1v) is 6.27. The van der Waals surface area contributed by atoms with Gasteiger partial charge in [0.05, 0.1) is 0 Å². The summed E-state index contributed by atoms with van der Waals surface area (Å²) in [6.45, 7) is 1.88. The van der Waals surface area contributed by atoms with Crippen LogP contribution < -0.4 is 5.73 Å². The Kier molecular flexibility index (Phi) is 4.15. The van der Waals surface area contributed by atoms with E-state index in [0.717, 1.165) is 26.0 Å². The minimum absolute atomic E-state index is 0.195. The smallest absolute Gasteiger partial charge is 0.0474 e. The molecule has 2 atom stereocenters. The van der Waals surface area contributed by atoms with Crippen LogP contribution in [0, 0.1) is 0 Å². The minimum Gasteiger partial charge on any atom is -0.385 e. The summed E-state index contributed by atoms with van der Waals surface area (Å²) in [7, 11) is 3.93. The third-order valence-corrected chi connectivity index (χ3v) is 3.62. The van der Waals surface area contributed by atoms with E-state index in [0.29, 0.717) is 6.04 Å². The van der Waals surface area contributed by atoms with Crippen molar-refractivity contribution in [2.75, 3.05) is 27.3 Å². The highest BCUT2D eigenvalue weighted by atomic mass is 16.5. The van der Waals surface area contributed by atoms with Crippen molar-refractivity contribution in [1.82, 2.24) is 4.90 Å². The van der Waals surface area contributed by atoms with Gasteiger partial charge in [-0.05, 0) is 31.0 Å². The average molecular weight is 234 g/mol. The zero-order chi connectivity index (χ0) is 12.3. The summed E-state index contributed by atoms with van der Waals surface area (Å²) in [6, 6.07) is 9.21. The third-order valence-electron chi connectivity index (χ3n) is 3.62. The number of methoxy groups -OCH3 is 1. The van der Waals surface area contributed by atoms with Gasteiger partial charge in [-0.25, -0.2) is 0 Å². The second-order valence-electron chi connectivity index (χ2n) is 4.81. The number of hydrogen-bond donors (Lipinski definition) is 1. The molecule has 0 radical (unpaired) electrons. The van der Waals surface area contributed by atoms with Crippen LogP contribution in [0.15, 0.2) is 24.3 Å². The molecular weight excluding hydrogens is 212 g/mol. The molecule has 1 aliphatic rings. The molecule has 0 saturated carbocycles. The summed E-state index contributed by atoms with van der Waals surface area (Å²) in [5, 5.41) is 0. The molecule has 0 spiro atoms. The van der Waals surface area contributed by atoms with Crippen LogP contribution in [0.25, 0.3) is 0 Å². The number of benzene rings is 1. The van der Waals surface area contributed by atoms with Crippen molar-refractivity contribution in [2.45, 2.75) is 24.9 Å². The number of rotatable bonds is 5. The lowest BCUT2D eigenvalue weighted by Crippen LogP contribution is -2.25. The summed E-state index contributed by atoms with van der Waals surface area (Å²) >= 11 is 0. The van der Waals surface area contributed by atoms with Crippen LogP contribution in [-0.4, -0.2) is 32.2 Å². The molecule has 2 N–H and O–H groups in total. The predicted octanol–water partition coefficient (Wildman–Crippen LogP) is 2.10. The lowest BCUT2D eigenvalue weighted by atomic mass is 10.1. The number of ether oxygens (including phenoxy) is 1. The maximum absolute atomic E-state index is 6.18. The van der Waals surface area contributed by atoms with E-state index in [4.69, 9.17) is 10.5 Å². The van der Waals surface area contributed by atoms with E-state index in [9.17, 15) is 0 Å². The van der Waals surface area contributed by atoms with Crippen molar-refractivity contribution >= 4 is 0 Å². The van der Waals surface area contributed by atoms with Crippen LogP contribution in [0.3, 0.4) is 0 Å². The third kappa shape index (κ3) is 2.68. The lowest BCUT2D eigenvalue weighted by molar-refractivity contribution is 0.164. The normalized spacial score (nSPS) is 23.1. The molecule has 0 aliphatic heterocycles. The summed E-state index contributed by atoms with van der Waals surface area (Å²) in [6.07, 6.45) is 2.10. The van der Waals surface area contributed by atoms with Crippen LogP contribution in [-0.2, 0) is 4.74 Å². The number of fused-ring (bicyclic) bond motifs is 1. The Bertz CT molecular complexity index is 367. The van der Waals surface area contributed by atoms with Crippen LogP contribution in [0.4, 0.5) is 0 Å². The Hall–Kier alpha value is -0.900. The first-order valence-electron chi connectivity index (χ1n) is 6.27. The molecule has 0 heterocycles. The zero-order valence-corrected chi connectivity index (χ0v) is 10.7. The first kappa shape index (κ1) is 12.6. The molecule has 2 rings (SSSR count). The van der Waals surface area contributed by atoms with Gasteiger partial charge in [-0.1, -0.05) is 24.3 Å². The van der Waals surface area contributed by atoms with E-state index >= 15 is 0 Å². The fourth-order valence-corrected chi connectivity index (χ4v) is 2.68. The van der Waals surface area contributed by atoms with Crippen molar-refractivity contribution in [3.63, 3.8) is 0 Å². The summed E-state index contributed by atoms with van der Waals surface area (Å²) < 4.78 is 5.09. The maximum Gasteiger partial charge on any atom is 0.0474 e. The second kappa shape index (κ2) is 5.63. The van der Waals surface area contributed by atoms with Gasteiger partial charge in [0.15, 0.2) is 0 Å². The first-order chi connectivity index (χ1) is 8.24. The molecule has 0 bridgehead atoms. The Morgan fingerprint density at radius 2 is 2.06 bits per heavy atom. The fraction of sp³-hybridized carbons (Fsp3) is 0.571. The monoisotopic (exact) mass is 234 g/mol. The molecule has 0 amide bonds. The Labute approximate surface area is 104 Å². The summed E-state index contributed by atoms with van der Waals surface area (Å²) in [5.74, 6) is 0. The zero-order valence-electron chi connectivity index (χ0n) is 10.7. The van der Waals surface area contributed by atoms with Crippen LogP contribution in [0.2, 0.25) is 0 Å². The van der Waals surface area contributed by atoms with Gasteiger partial charge in [0.2, 0.25) is 0 Å². The van der Waals surface area contributed by atoms with Gasteiger partial charge in [-0.3, -0.25) is 4.90 Å². The largest absolute Gasteiger partial charge is 0.385 e. The van der Waals surface area contributed by atoms with Crippen LogP contribution >= 0.6 is 0 Å². The van der Waals surface area contributed by atoms with E-state index in [1.165, 1.54) is 11.1 Å². The predicted molar refractivity (Wildman–Crippen MR) is 69.9 cm³/mol. The molecule has 94 valence electrons. The van der Waals surface area contributed by atoms with E-state index in [-0.39, 0.29) is 6.04 Å². The molecule has 0 fully saturated rings. The average Bonchev–Trinajstić information content (AvgIpc) is 2.68. The summed E-state index contributed by atoms with van der Waals surface area (Å²) in [5.41, 5.74) is 8.90. The van der Waals surface area contributed by atoms with Crippen molar-refractivity contribution in [3.8, 4) is 0 Å². The Morgan fingerprint density at radius 1 is 1.35 bits per heavy atom. The van der Waals surface area contributed by atoms with Gasteiger partial charge in [0.25, 0.3) is 0 Å². The molecule has 1 aliphatic carbocycles. The summed E-state index contributed by atoms with van der Waals surface area (Å²) in [4.78, 5) is 2.39. The fourth-order valence-electron chi connectivity index (χ4n) is 2.68. The molecule has 3 heteroatoms. The quantitative estimate of drug-likeness (QED) is 0.793. The Balaban J connectivity index is 2.03. The van der Waals surface area contributed by atoms with Crippen molar-refractivity contribution < 1.29 is 4.74 Å². The van der Waals surface area contributed by atoms with E-state index in [1.807, 2.05) is 0 Å². The number of nitrogens with two attached hydrogens (primary N) is 1.